The SMILES string of the molecule is C[Si](C)OC([C@H]1[C@@H](C/C=C\CCCC(O)COC2CCCCO2)[C@@H](OC2CCCCO2)C[C@H]1OC1CCCCO1)C(C)(C)C. The average Bonchev–Trinajstić information content (AvgIpc) is 3.32. The fourth-order valence-corrected chi connectivity index (χ4v) is 8.23. The molecule has 0 aromatic carbocycles. The van der Waals surface area contributed by atoms with Crippen molar-refractivity contribution in [1.82, 2.24) is 0 Å². The molecule has 1 radical (unpaired) electrons. The Kier molecular flexibility index (Phi) is 15.6. The molecule has 3 saturated heterocycles. The van der Waals surface area contributed by atoms with Gasteiger partial charge in [-0.15, -0.1) is 0 Å². The summed E-state index contributed by atoms with van der Waals surface area (Å²) in [4.78, 5) is 0. The van der Waals surface area contributed by atoms with Gasteiger partial charge in [-0.25, -0.2) is 0 Å². The second-order valence-corrected chi connectivity index (χ2v) is 16.7. The molecule has 9 atom stereocenters. The molecular formula is C35H63O8Si. The molecule has 5 unspecified atom stereocenters. The van der Waals surface area contributed by atoms with Crippen LogP contribution in [-0.4, -0.2) is 83.9 Å². The van der Waals surface area contributed by atoms with Gasteiger partial charge in [0.1, 0.15) is 0 Å². The zero-order chi connectivity index (χ0) is 31.4. The lowest BCUT2D eigenvalue weighted by atomic mass is 9.75. The van der Waals surface area contributed by atoms with Gasteiger partial charge in [-0.1, -0.05) is 32.9 Å². The fourth-order valence-electron chi connectivity index (χ4n) is 7.22. The van der Waals surface area contributed by atoms with Gasteiger partial charge in [0.05, 0.1) is 31.0 Å². The molecular weight excluding hydrogens is 576 g/mol. The fraction of sp³-hybridized carbons (Fsp3) is 0.943. The van der Waals surface area contributed by atoms with E-state index in [1.165, 1.54) is 0 Å². The Morgan fingerprint density at radius 3 is 1.95 bits per heavy atom. The molecule has 9 heteroatoms. The topological polar surface area (TPSA) is 84.8 Å². The van der Waals surface area contributed by atoms with E-state index in [2.05, 4.69) is 46.0 Å². The van der Waals surface area contributed by atoms with Crippen molar-refractivity contribution >= 4 is 9.04 Å². The highest BCUT2D eigenvalue weighted by molar-refractivity contribution is 6.48. The molecule has 44 heavy (non-hydrogen) atoms. The van der Waals surface area contributed by atoms with Gasteiger partial charge in [0.15, 0.2) is 18.9 Å². The maximum absolute atomic E-state index is 10.4. The van der Waals surface area contributed by atoms with Gasteiger partial charge >= 0.3 is 0 Å². The smallest absolute Gasteiger partial charge is 0.205 e. The monoisotopic (exact) mass is 639 g/mol. The molecule has 255 valence electrons. The van der Waals surface area contributed by atoms with Crippen LogP contribution in [0.15, 0.2) is 12.2 Å². The van der Waals surface area contributed by atoms with E-state index in [0.717, 1.165) is 110 Å². The Morgan fingerprint density at radius 2 is 1.41 bits per heavy atom. The molecule has 0 aromatic rings. The molecule has 1 saturated carbocycles. The Morgan fingerprint density at radius 1 is 0.818 bits per heavy atom. The molecule has 4 fully saturated rings. The third kappa shape index (κ3) is 12.0. The molecule has 8 nitrogen and oxygen atoms in total. The highest BCUT2D eigenvalue weighted by atomic mass is 28.3. The lowest BCUT2D eigenvalue weighted by Crippen LogP contribution is -2.47. The van der Waals surface area contributed by atoms with E-state index in [1.807, 2.05) is 0 Å². The number of allylic oxidation sites excluding steroid dienone is 2. The van der Waals surface area contributed by atoms with Crippen LogP contribution in [-0.2, 0) is 32.8 Å². The van der Waals surface area contributed by atoms with Gasteiger partial charge in [-0.3, -0.25) is 0 Å². The lowest BCUT2D eigenvalue weighted by molar-refractivity contribution is -0.207. The summed E-state index contributed by atoms with van der Waals surface area (Å²) in [6.07, 6.45) is 17.7. The second-order valence-electron chi connectivity index (χ2n) is 14.7. The molecule has 4 rings (SSSR count). The van der Waals surface area contributed by atoms with Crippen molar-refractivity contribution in [2.75, 3.05) is 26.4 Å². The number of rotatable bonds is 16. The van der Waals surface area contributed by atoms with Crippen LogP contribution in [0.3, 0.4) is 0 Å². The van der Waals surface area contributed by atoms with Crippen LogP contribution >= 0.6 is 0 Å². The number of hydrogen-bond donors (Lipinski definition) is 1. The van der Waals surface area contributed by atoms with Crippen molar-refractivity contribution in [2.45, 2.75) is 167 Å². The van der Waals surface area contributed by atoms with E-state index in [1.54, 1.807) is 0 Å². The zero-order valence-corrected chi connectivity index (χ0v) is 29.4. The third-order valence-corrected chi connectivity index (χ3v) is 10.2. The quantitative estimate of drug-likeness (QED) is 0.108. The summed E-state index contributed by atoms with van der Waals surface area (Å²) in [7, 11) is -0.939. The van der Waals surface area contributed by atoms with Crippen LogP contribution in [0.4, 0.5) is 0 Å². The molecule has 3 aliphatic heterocycles. The van der Waals surface area contributed by atoms with E-state index in [9.17, 15) is 5.11 Å². The van der Waals surface area contributed by atoms with Crippen LogP contribution in [0.2, 0.25) is 13.1 Å². The molecule has 3 heterocycles. The highest BCUT2D eigenvalue weighted by Crippen LogP contribution is 2.47. The maximum atomic E-state index is 10.4. The number of aliphatic hydroxyl groups is 1. The summed E-state index contributed by atoms with van der Waals surface area (Å²) >= 11 is 0. The van der Waals surface area contributed by atoms with Crippen molar-refractivity contribution in [2.24, 2.45) is 17.3 Å². The number of unbranched alkanes of at least 4 members (excludes halogenated alkanes) is 1. The first kappa shape index (κ1) is 36.5. The minimum absolute atomic E-state index is 0.0129. The molecule has 0 amide bonds. The highest BCUT2D eigenvalue weighted by Gasteiger charge is 2.52. The second kappa shape index (κ2) is 18.8. The van der Waals surface area contributed by atoms with Gasteiger partial charge in [0, 0.05) is 32.2 Å². The number of hydrogen-bond acceptors (Lipinski definition) is 8. The predicted octanol–water partition coefficient (Wildman–Crippen LogP) is 7.15. The van der Waals surface area contributed by atoms with Crippen molar-refractivity contribution in [3.8, 4) is 0 Å². The molecule has 4 aliphatic rings. The summed E-state index contributed by atoms with van der Waals surface area (Å²) in [5.74, 6) is 0.449. The summed E-state index contributed by atoms with van der Waals surface area (Å²) in [6, 6.07) is 0. The summed E-state index contributed by atoms with van der Waals surface area (Å²) in [5, 5.41) is 10.4. The standard InChI is InChI=1S/C35H63O8Si/c1-35(2,3)34(43-44(4)5)33-27(17-9-7-6-8-16-26(36)25-40-30-18-10-13-21-37-30)28(41-31-19-11-14-22-38-31)24-29(33)42-32-20-12-15-23-39-32/h7,9,26-34,36H,6,8,10-25H2,1-5H3/b9-7-/t26?,27-,28-,29+,30?,31?,32?,33-,34?/m0/s1. The molecule has 0 spiro atoms. The number of ether oxygens (including phenoxy) is 6. The van der Waals surface area contributed by atoms with Crippen molar-refractivity contribution in [3.63, 3.8) is 0 Å². The van der Waals surface area contributed by atoms with E-state index < -0.39 is 15.1 Å². The van der Waals surface area contributed by atoms with Gasteiger partial charge in [0.25, 0.3) is 0 Å². The van der Waals surface area contributed by atoms with Crippen LogP contribution in [0.25, 0.3) is 0 Å². The van der Waals surface area contributed by atoms with Crippen molar-refractivity contribution < 1.29 is 38.0 Å². The minimum atomic E-state index is -0.939. The first-order valence-electron chi connectivity index (χ1n) is 17.8. The normalized spacial score (nSPS) is 33.7. The first-order chi connectivity index (χ1) is 21.2. The van der Waals surface area contributed by atoms with Crippen molar-refractivity contribution in [1.29, 1.82) is 0 Å². The summed E-state index contributed by atoms with van der Waals surface area (Å²) < 4.78 is 44.0. The average molecular weight is 640 g/mol. The lowest BCUT2D eigenvalue weighted by Gasteiger charge is -2.42. The van der Waals surface area contributed by atoms with Gasteiger partial charge in [-0.2, -0.15) is 0 Å². The Labute approximate surface area is 269 Å². The third-order valence-electron chi connectivity index (χ3n) is 9.46. The molecule has 1 N–H and O–H groups in total. The van der Waals surface area contributed by atoms with Gasteiger partial charge < -0.3 is 38.0 Å². The van der Waals surface area contributed by atoms with Gasteiger partial charge in [-0.05, 0) is 108 Å². The minimum Gasteiger partial charge on any atom is -0.413 e. The summed E-state index contributed by atoms with van der Waals surface area (Å²) in [5.41, 5.74) is -0.0410. The zero-order valence-electron chi connectivity index (χ0n) is 28.4. The van der Waals surface area contributed by atoms with Crippen LogP contribution < -0.4 is 0 Å². The largest absolute Gasteiger partial charge is 0.413 e. The Balaban J connectivity index is 1.40. The molecule has 0 aromatic heterocycles. The molecule has 0 bridgehead atoms. The van der Waals surface area contributed by atoms with Gasteiger partial charge in [0.2, 0.25) is 9.04 Å². The van der Waals surface area contributed by atoms with Crippen LogP contribution in [0.1, 0.15) is 111 Å². The Hall–Kier alpha value is -0.363. The molecule has 1 aliphatic carbocycles. The maximum Gasteiger partial charge on any atom is 0.205 e. The van der Waals surface area contributed by atoms with Crippen LogP contribution in [0.5, 0.6) is 0 Å². The summed E-state index contributed by atoms with van der Waals surface area (Å²) in [6.45, 7) is 14.0. The van der Waals surface area contributed by atoms with Crippen molar-refractivity contribution in [3.05, 3.63) is 12.2 Å². The van der Waals surface area contributed by atoms with E-state index in [-0.39, 0.29) is 54.4 Å². The van der Waals surface area contributed by atoms with E-state index in [4.69, 9.17) is 32.8 Å². The van der Waals surface area contributed by atoms with E-state index >= 15 is 0 Å². The van der Waals surface area contributed by atoms with E-state index in [0.29, 0.717) is 6.61 Å². The first-order valence-corrected chi connectivity index (χ1v) is 20.2. The number of aliphatic hydroxyl groups excluding tert-OH is 1. The predicted molar refractivity (Wildman–Crippen MR) is 173 cm³/mol. The Bertz CT molecular complexity index is 801. The van der Waals surface area contributed by atoms with Crippen LogP contribution in [0, 0.1) is 17.3 Å².